The van der Waals surface area contributed by atoms with Crippen molar-refractivity contribution >= 4 is 5.97 Å². The van der Waals surface area contributed by atoms with Crippen LogP contribution in [0.5, 0.6) is 0 Å². The molecule has 0 aliphatic carbocycles. The first-order chi connectivity index (χ1) is 6.68. The molecule has 0 aromatic carbocycles. The van der Waals surface area contributed by atoms with Crippen LogP contribution in [0.3, 0.4) is 0 Å². The van der Waals surface area contributed by atoms with E-state index >= 15 is 0 Å². The quantitative estimate of drug-likeness (QED) is 0.679. The van der Waals surface area contributed by atoms with Crippen LogP contribution in [0.2, 0.25) is 0 Å². The van der Waals surface area contributed by atoms with E-state index < -0.39 is 5.97 Å². The third-order valence-electron chi connectivity index (χ3n) is 3.32. The van der Waals surface area contributed by atoms with Crippen LogP contribution in [-0.4, -0.2) is 36.4 Å². The van der Waals surface area contributed by atoms with Gasteiger partial charge in [0.2, 0.25) is 0 Å². The molecule has 0 spiro atoms. The lowest BCUT2D eigenvalue weighted by Crippen LogP contribution is -2.31. The van der Waals surface area contributed by atoms with E-state index in [0.29, 0.717) is 12.6 Å². The standard InChI is InChI=1S/C10H17NO3/c1-6-2-3-9(14-6)7-4-11-5-8(7)10(12)13/h6-9,11H,2-5H2,1H3,(H,12,13). The fourth-order valence-corrected chi connectivity index (χ4v) is 2.51. The van der Waals surface area contributed by atoms with Crippen molar-refractivity contribution in [3.8, 4) is 0 Å². The number of carboxylic acid groups (broad SMARTS) is 1. The maximum Gasteiger partial charge on any atom is 0.308 e. The highest BCUT2D eigenvalue weighted by Crippen LogP contribution is 2.31. The molecule has 0 amide bonds. The monoisotopic (exact) mass is 199 g/mol. The van der Waals surface area contributed by atoms with E-state index in [1.165, 1.54) is 0 Å². The van der Waals surface area contributed by atoms with Crippen molar-refractivity contribution in [2.75, 3.05) is 13.1 Å². The molecular weight excluding hydrogens is 182 g/mol. The van der Waals surface area contributed by atoms with E-state index in [0.717, 1.165) is 19.4 Å². The fraction of sp³-hybridized carbons (Fsp3) is 0.900. The van der Waals surface area contributed by atoms with Gasteiger partial charge in [0.15, 0.2) is 0 Å². The van der Waals surface area contributed by atoms with Crippen LogP contribution >= 0.6 is 0 Å². The SMILES string of the molecule is CC1CCC(C2CNCC2C(=O)O)O1. The van der Waals surface area contributed by atoms with Crippen LogP contribution in [0.4, 0.5) is 0 Å². The van der Waals surface area contributed by atoms with Crippen molar-refractivity contribution in [3.63, 3.8) is 0 Å². The summed E-state index contributed by atoms with van der Waals surface area (Å²) in [7, 11) is 0. The molecule has 0 aromatic heterocycles. The maximum absolute atomic E-state index is 11.0. The summed E-state index contributed by atoms with van der Waals surface area (Å²) in [5.74, 6) is -0.786. The smallest absolute Gasteiger partial charge is 0.308 e. The number of hydrogen-bond acceptors (Lipinski definition) is 3. The predicted octanol–water partition coefficient (Wildman–Crippen LogP) is 0.474. The normalized spacial score (nSPS) is 42.9. The third-order valence-corrected chi connectivity index (χ3v) is 3.32. The van der Waals surface area contributed by atoms with Gasteiger partial charge in [-0.25, -0.2) is 0 Å². The lowest BCUT2D eigenvalue weighted by molar-refractivity contribution is -0.144. The van der Waals surface area contributed by atoms with E-state index in [1.54, 1.807) is 0 Å². The van der Waals surface area contributed by atoms with Crippen molar-refractivity contribution in [1.82, 2.24) is 5.32 Å². The van der Waals surface area contributed by atoms with E-state index in [9.17, 15) is 4.79 Å². The van der Waals surface area contributed by atoms with Crippen molar-refractivity contribution in [1.29, 1.82) is 0 Å². The summed E-state index contributed by atoms with van der Waals surface area (Å²) < 4.78 is 5.72. The molecule has 0 bridgehead atoms. The molecule has 2 N–H and O–H groups in total. The predicted molar refractivity (Wildman–Crippen MR) is 51.1 cm³/mol. The van der Waals surface area contributed by atoms with Crippen LogP contribution in [0, 0.1) is 11.8 Å². The molecule has 2 fully saturated rings. The molecule has 4 unspecified atom stereocenters. The van der Waals surface area contributed by atoms with Gasteiger partial charge in [-0.1, -0.05) is 0 Å². The van der Waals surface area contributed by atoms with Gasteiger partial charge in [0, 0.05) is 19.0 Å². The number of carbonyl (C=O) groups is 1. The average Bonchev–Trinajstić information content (AvgIpc) is 2.70. The molecule has 4 atom stereocenters. The number of rotatable bonds is 2. The Kier molecular flexibility index (Phi) is 2.74. The van der Waals surface area contributed by atoms with Crippen LogP contribution in [0.25, 0.3) is 0 Å². The Morgan fingerprint density at radius 2 is 2.21 bits per heavy atom. The van der Waals surface area contributed by atoms with Gasteiger partial charge in [0.25, 0.3) is 0 Å². The highest BCUT2D eigenvalue weighted by atomic mass is 16.5. The van der Waals surface area contributed by atoms with E-state index in [1.807, 2.05) is 0 Å². The first-order valence-electron chi connectivity index (χ1n) is 5.27. The lowest BCUT2D eigenvalue weighted by atomic mass is 9.89. The Hall–Kier alpha value is -0.610. The summed E-state index contributed by atoms with van der Waals surface area (Å²) in [5, 5.41) is 12.1. The van der Waals surface area contributed by atoms with Crippen molar-refractivity contribution < 1.29 is 14.6 Å². The molecule has 80 valence electrons. The van der Waals surface area contributed by atoms with Crippen LogP contribution in [-0.2, 0) is 9.53 Å². The molecule has 4 nitrogen and oxygen atoms in total. The second-order valence-corrected chi connectivity index (χ2v) is 4.33. The molecule has 2 aliphatic rings. The van der Waals surface area contributed by atoms with E-state index in [4.69, 9.17) is 9.84 Å². The summed E-state index contributed by atoms with van der Waals surface area (Å²) in [4.78, 5) is 11.0. The molecule has 4 heteroatoms. The Morgan fingerprint density at radius 1 is 1.43 bits per heavy atom. The third kappa shape index (κ3) is 1.77. The van der Waals surface area contributed by atoms with Crippen molar-refractivity contribution in [2.24, 2.45) is 11.8 Å². The van der Waals surface area contributed by atoms with Gasteiger partial charge in [0.05, 0.1) is 18.1 Å². The van der Waals surface area contributed by atoms with Gasteiger partial charge in [-0.05, 0) is 19.8 Å². The summed E-state index contributed by atoms with van der Waals surface area (Å²) in [6.45, 7) is 3.43. The summed E-state index contributed by atoms with van der Waals surface area (Å²) in [6, 6.07) is 0. The Balaban J connectivity index is 1.99. The summed E-state index contributed by atoms with van der Waals surface area (Å²) in [5.41, 5.74) is 0. The average molecular weight is 199 g/mol. The lowest BCUT2D eigenvalue weighted by Gasteiger charge is -2.21. The molecule has 2 heterocycles. The van der Waals surface area contributed by atoms with Gasteiger partial charge in [-0.2, -0.15) is 0 Å². The zero-order valence-corrected chi connectivity index (χ0v) is 8.40. The Morgan fingerprint density at radius 3 is 2.79 bits per heavy atom. The molecule has 0 radical (unpaired) electrons. The molecular formula is C10H17NO3. The number of hydrogen-bond donors (Lipinski definition) is 2. The van der Waals surface area contributed by atoms with Crippen molar-refractivity contribution in [2.45, 2.75) is 32.0 Å². The van der Waals surface area contributed by atoms with E-state index in [2.05, 4.69) is 12.2 Å². The molecule has 2 saturated heterocycles. The maximum atomic E-state index is 11.0. The Bertz CT molecular complexity index is 231. The van der Waals surface area contributed by atoms with Gasteiger partial charge in [-0.15, -0.1) is 0 Å². The second-order valence-electron chi connectivity index (χ2n) is 4.33. The zero-order chi connectivity index (χ0) is 10.1. The minimum absolute atomic E-state index is 0.154. The topological polar surface area (TPSA) is 58.6 Å². The fourth-order valence-electron chi connectivity index (χ4n) is 2.51. The highest BCUT2D eigenvalue weighted by Gasteiger charge is 2.41. The molecule has 14 heavy (non-hydrogen) atoms. The van der Waals surface area contributed by atoms with E-state index in [-0.39, 0.29) is 17.9 Å². The van der Waals surface area contributed by atoms with Crippen molar-refractivity contribution in [3.05, 3.63) is 0 Å². The minimum atomic E-state index is -0.692. The molecule has 2 rings (SSSR count). The number of ether oxygens (including phenoxy) is 1. The number of nitrogens with one attached hydrogen (secondary N) is 1. The van der Waals surface area contributed by atoms with Gasteiger partial charge < -0.3 is 15.2 Å². The zero-order valence-electron chi connectivity index (χ0n) is 8.40. The first-order valence-corrected chi connectivity index (χ1v) is 5.27. The molecule has 2 aliphatic heterocycles. The largest absolute Gasteiger partial charge is 0.481 e. The minimum Gasteiger partial charge on any atom is -0.481 e. The number of aliphatic carboxylic acids is 1. The van der Waals surface area contributed by atoms with Gasteiger partial charge in [-0.3, -0.25) is 4.79 Å². The second kappa shape index (κ2) is 3.87. The summed E-state index contributed by atoms with van der Waals surface area (Å²) in [6.07, 6.45) is 2.53. The Labute approximate surface area is 83.6 Å². The molecule has 0 saturated carbocycles. The number of carboxylic acids is 1. The van der Waals surface area contributed by atoms with Crippen LogP contribution in [0.15, 0.2) is 0 Å². The van der Waals surface area contributed by atoms with Gasteiger partial charge in [0.1, 0.15) is 0 Å². The first kappa shape index (κ1) is 9.93. The highest BCUT2D eigenvalue weighted by molar-refractivity contribution is 5.71. The van der Waals surface area contributed by atoms with Crippen LogP contribution in [0.1, 0.15) is 19.8 Å². The molecule has 0 aromatic rings. The summed E-state index contributed by atoms with van der Waals surface area (Å²) >= 11 is 0. The van der Waals surface area contributed by atoms with Crippen LogP contribution < -0.4 is 5.32 Å². The van der Waals surface area contributed by atoms with Gasteiger partial charge >= 0.3 is 5.97 Å².